The normalized spacial score (nSPS) is 11.8. The number of benzene rings is 2. The van der Waals surface area contributed by atoms with Crippen LogP contribution in [0, 0.1) is 18.8 Å². The van der Waals surface area contributed by atoms with Crippen LogP contribution in [0.1, 0.15) is 34.7 Å². The van der Waals surface area contributed by atoms with Crippen LogP contribution in [-0.2, 0) is 4.74 Å². The highest BCUT2D eigenvalue weighted by molar-refractivity contribution is 6.29. The summed E-state index contributed by atoms with van der Waals surface area (Å²) >= 11 is 5.85. The summed E-state index contributed by atoms with van der Waals surface area (Å²) in [6.45, 7) is 2.59. The molecule has 150 valence electrons. The average molecular weight is 417 g/mol. The van der Waals surface area contributed by atoms with Crippen LogP contribution in [0.3, 0.4) is 0 Å². The summed E-state index contributed by atoms with van der Waals surface area (Å²) in [4.78, 5) is 16.3. The topological polar surface area (TPSA) is 51.2 Å². The minimum absolute atomic E-state index is 0.0586. The van der Waals surface area contributed by atoms with E-state index in [1.54, 1.807) is 6.07 Å². The molecule has 5 heteroatoms. The number of aryl methyl sites for hydroxylation is 1. The molecular weight excluding hydrogens is 396 g/mol. The van der Waals surface area contributed by atoms with E-state index in [1.165, 1.54) is 22.3 Å². The van der Waals surface area contributed by atoms with Crippen LogP contribution in [0.2, 0.25) is 5.15 Å². The Hall–Kier alpha value is -3.29. The average Bonchev–Trinajstić information content (AvgIpc) is 3.07. The molecule has 30 heavy (non-hydrogen) atoms. The molecule has 1 heterocycles. The van der Waals surface area contributed by atoms with E-state index < -0.39 is 6.09 Å². The number of alkyl carbamates (subject to hydrolysis) is 1. The van der Waals surface area contributed by atoms with Gasteiger partial charge in [0.25, 0.3) is 0 Å². The second kappa shape index (κ2) is 9.02. The first-order chi connectivity index (χ1) is 14.6. The van der Waals surface area contributed by atoms with Gasteiger partial charge in [0.15, 0.2) is 0 Å². The van der Waals surface area contributed by atoms with Crippen LogP contribution in [0.15, 0.2) is 60.7 Å². The van der Waals surface area contributed by atoms with Gasteiger partial charge in [0.2, 0.25) is 0 Å². The highest BCUT2D eigenvalue weighted by Crippen LogP contribution is 2.44. The molecule has 1 aliphatic rings. The third-order valence-electron chi connectivity index (χ3n) is 5.14. The molecule has 1 N–H and O–H groups in total. The van der Waals surface area contributed by atoms with Crippen LogP contribution in [0.25, 0.3) is 11.1 Å². The van der Waals surface area contributed by atoms with Crippen molar-refractivity contribution in [3.05, 3.63) is 88.2 Å². The number of fused-ring (bicyclic) bond motifs is 3. The van der Waals surface area contributed by atoms with E-state index in [0.717, 1.165) is 11.3 Å². The molecule has 1 amide bonds. The van der Waals surface area contributed by atoms with E-state index in [-0.39, 0.29) is 5.92 Å². The summed E-state index contributed by atoms with van der Waals surface area (Å²) in [5.74, 6) is 6.15. The van der Waals surface area contributed by atoms with Crippen molar-refractivity contribution < 1.29 is 9.53 Å². The monoisotopic (exact) mass is 416 g/mol. The van der Waals surface area contributed by atoms with Crippen molar-refractivity contribution in [1.29, 1.82) is 0 Å². The predicted octanol–water partition coefficient (Wildman–Crippen LogP) is 5.32. The van der Waals surface area contributed by atoms with Crippen molar-refractivity contribution in [2.24, 2.45) is 0 Å². The zero-order valence-electron chi connectivity index (χ0n) is 16.6. The van der Waals surface area contributed by atoms with Crippen molar-refractivity contribution in [3.63, 3.8) is 0 Å². The molecule has 0 bridgehead atoms. The summed E-state index contributed by atoms with van der Waals surface area (Å²) in [6, 6.07) is 20.1. The van der Waals surface area contributed by atoms with Gasteiger partial charge in [-0.3, -0.25) is 0 Å². The molecule has 3 aromatic rings. The van der Waals surface area contributed by atoms with Crippen LogP contribution >= 0.6 is 11.6 Å². The van der Waals surface area contributed by atoms with E-state index in [0.29, 0.717) is 24.7 Å². The predicted molar refractivity (Wildman–Crippen MR) is 119 cm³/mol. The lowest BCUT2D eigenvalue weighted by Gasteiger charge is -2.14. The van der Waals surface area contributed by atoms with Crippen molar-refractivity contribution in [2.75, 3.05) is 13.2 Å². The second-order valence-electron chi connectivity index (χ2n) is 7.07. The van der Waals surface area contributed by atoms with E-state index in [9.17, 15) is 4.79 Å². The molecule has 2 aromatic carbocycles. The molecule has 0 radical (unpaired) electrons. The number of carbonyl (C=O) groups is 1. The minimum Gasteiger partial charge on any atom is -0.449 e. The molecule has 0 aliphatic heterocycles. The number of carbonyl (C=O) groups excluding carboxylic acids is 1. The molecule has 0 atom stereocenters. The largest absolute Gasteiger partial charge is 0.449 e. The summed E-state index contributed by atoms with van der Waals surface area (Å²) in [7, 11) is 0. The lowest BCUT2D eigenvalue weighted by Crippen LogP contribution is -2.26. The quantitative estimate of drug-likeness (QED) is 0.355. The number of hydrogen-bond acceptors (Lipinski definition) is 3. The number of nitrogens with one attached hydrogen (secondary N) is 1. The molecule has 0 saturated heterocycles. The standard InChI is InChI=1S/C25H21ClN2O2/c1-17-18(13-14-24(26)28-17)8-6-7-15-27-25(29)30-16-23-21-11-4-2-9-19(21)20-10-3-5-12-22(20)23/h2-5,9-14,23H,7,15-16H2,1H3,(H,27,29). The Kier molecular flexibility index (Phi) is 6.02. The van der Waals surface area contributed by atoms with Crippen LogP contribution < -0.4 is 5.32 Å². The molecule has 1 aromatic heterocycles. The van der Waals surface area contributed by atoms with Gasteiger partial charge in [-0.05, 0) is 41.3 Å². The highest BCUT2D eigenvalue weighted by atomic mass is 35.5. The zero-order chi connectivity index (χ0) is 20.9. The number of halogens is 1. The number of amides is 1. The Bertz CT molecular complexity index is 1100. The number of hydrogen-bond donors (Lipinski definition) is 1. The van der Waals surface area contributed by atoms with Crippen molar-refractivity contribution >= 4 is 17.7 Å². The van der Waals surface area contributed by atoms with Gasteiger partial charge in [-0.15, -0.1) is 0 Å². The fraction of sp³-hybridized carbons (Fsp3) is 0.200. The van der Waals surface area contributed by atoms with E-state index in [4.69, 9.17) is 16.3 Å². The smallest absolute Gasteiger partial charge is 0.407 e. The van der Waals surface area contributed by atoms with E-state index >= 15 is 0 Å². The second-order valence-corrected chi connectivity index (χ2v) is 7.46. The molecule has 4 nitrogen and oxygen atoms in total. The number of pyridine rings is 1. The van der Waals surface area contributed by atoms with Crippen LogP contribution in [-0.4, -0.2) is 24.2 Å². The number of ether oxygens (including phenoxy) is 1. The Morgan fingerprint density at radius 3 is 2.40 bits per heavy atom. The molecule has 0 unspecified atom stereocenters. The SMILES string of the molecule is Cc1nc(Cl)ccc1C#CCCNC(=O)OCC1c2ccccc2-c2ccccc21. The minimum atomic E-state index is -0.428. The van der Waals surface area contributed by atoms with Gasteiger partial charge in [-0.1, -0.05) is 72.0 Å². The maximum atomic E-state index is 12.1. The molecule has 4 rings (SSSR count). The number of rotatable bonds is 4. The number of nitrogens with zero attached hydrogens (tertiary/aromatic N) is 1. The maximum absolute atomic E-state index is 12.1. The van der Waals surface area contributed by atoms with Crippen molar-refractivity contribution in [2.45, 2.75) is 19.3 Å². The van der Waals surface area contributed by atoms with E-state index in [1.807, 2.05) is 37.3 Å². The molecule has 0 fully saturated rings. The first-order valence-corrected chi connectivity index (χ1v) is 10.2. The van der Waals surface area contributed by atoms with Crippen molar-refractivity contribution in [3.8, 4) is 23.0 Å². The Morgan fingerprint density at radius 2 is 1.73 bits per heavy atom. The van der Waals surface area contributed by atoms with Gasteiger partial charge in [0.05, 0.1) is 5.69 Å². The lowest BCUT2D eigenvalue weighted by atomic mass is 9.98. The molecule has 0 saturated carbocycles. The zero-order valence-corrected chi connectivity index (χ0v) is 17.4. The Labute approximate surface area is 181 Å². The third-order valence-corrected chi connectivity index (χ3v) is 5.35. The summed E-state index contributed by atoms with van der Waals surface area (Å²) in [5.41, 5.74) is 6.45. The third kappa shape index (κ3) is 4.32. The van der Waals surface area contributed by atoms with Gasteiger partial charge in [0.1, 0.15) is 11.8 Å². The first kappa shape index (κ1) is 20.0. The van der Waals surface area contributed by atoms with E-state index in [2.05, 4.69) is 46.4 Å². The lowest BCUT2D eigenvalue weighted by molar-refractivity contribution is 0.143. The maximum Gasteiger partial charge on any atom is 0.407 e. The Balaban J connectivity index is 1.29. The van der Waals surface area contributed by atoms with Gasteiger partial charge in [-0.25, -0.2) is 9.78 Å². The van der Waals surface area contributed by atoms with Gasteiger partial charge in [-0.2, -0.15) is 0 Å². The molecular formula is C25H21ClN2O2. The molecule has 1 aliphatic carbocycles. The fourth-order valence-electron chi connectivity index (χ4n) is 3.70. The molecule has 0 spiro atoms. The van der Waals surface area contributed by atoms with Gasteiger partial charge >= 0.3 is 6.09 Å². The van der Waals surface area contributed by atoms with Crippen molar-refractivity contribution in [1.82, 2.24) is 10.3 Å². The number of aromatic nitrogens is 1. The first-order valence-electron chi connectivity index (χ1n) is 9.84. The van der Waals surface area contributed by atoms with Gasteiger partial charge in [0, 0.05) is 24.4 Å². The van der Waals surface area contributed by atoms with Gasteiger partial charge < -0.3 is 10.1 Å². The summed E-state index contributed by atoms with van der Waals surface area (Å²) in [6.07, 6.45) is 0.0923. The fourth-order valence-corrected chi connectivity index (χ4v) is 3.89. The highest BCUT2D eigenvalue weighted by Gasteiger charge is 2.28. The summed E-state index contributed by atoms with van der Waals surface area (Å²) in [5, 5.41) is 3.22. The van der Waals surface area contributed by atoms with Crippen LogP contribution in [0.4, 0.5) is 4.79 Å². The Morgan fingerprint density at radius 1 is 1.07 bits per heavy atom. The van der Waals surface area contributed by atoms with Crippen LogP contribution in [0.5, 0.6) is 0 Å². The summed E-state index contributed by atoms with van der Waals surface area (Å²) < 4.78 is 5.51.